The van der Waals surface area contributed by atoms with Crippen LogP contribution in [-0.2, 0) is 4.79 Å². The van der Waals surface area contributed by atoms with E-state index in [0.717, 1.165) is 0 Å². The van der Waals surface area contributed by atoms with Gasteiger partial charge in [0.05, 0.1) is 6.20 Å². The third-order valence-electron chi connectivity index (χ3n) is 3.22. The van der Waals surface area contributed by atoms with Gasteiger partial charge < -0.3 is 10.6 Å². The minimum atomic E-state index is -0.679. The highest BCUT2D eigenvalue weighted by Crippen LogP contribution is 2.22. The Labute approximate surface area is 137 Å². The lowest BCUT2D eigenvalue weighted by atomic mass is 10.2. The molecule has 0 saturated carbocycles. The quantitative estimate of drug-likeness (QED) is 0.813. The number of halogens is 1. The van der Waals surface area contributed by atoms with Crippen LogP contribution < -0.4 is 10.6 Å². The van der Waals surface area contributed by atoms with E-state index in [4.69, 9.17) is 0 Å². The number of benzene rings is 1. The topological polar surface area (TPSA) is 76.0 Å². The van der Waals surface area contributed by atoms with E-state index in [1.165, 1.54) is 37.1 Å². The molecular weight excluding hydrogens is 319 g/mol. The predicted molar refractivity (Wildman–Crippen MR) is 86.3 cm³/mol. The minimum Gasteiger partial charge on any atom is -0.357 e. The van der Waals surface area contributed by atoms with E-state index in [-0.39, 0.29) is 17.4 Å². The molecule has 2 rings (SSSR count). The standard InChI is InChI=1S/C15H17FN4O2S/c1-9(13(21)17-2)19-14(22)12-8-18-15(23-3)20(12)11-6-4-10(16)5-7-11/h4-9H,1-3H3,(H,17,21)(H,19,22)/t9-/m0/s1. The molecule has 6 nitrogen and oxygen atoms in total. The highest BCUT2D eigenvalue weighted by molar-refractivity contribution is 7.98. The third kappa shape index (κ3) is 3.70. The summed E-state index contributed by atoms with van der Waals surface area (Å²) in [7, 11) is 1.50. The molecule has 8 heteroatoms. The fraction of sp³-hybridized carbons (Fsp3) is 0.267. The second-order valence-corrected chi connectivity index (χ2v) is 5.52. The summed E-state index contributed by atoms with van der Waals surface area (Å²) in [5.41, 5.74) is 0.891. The number of aromatic nitrogens is 2. The van der Waals surface area contributed by atoms with Gasteiger partial charge in [-0.1, -0.05) is 11.8 Å². The predicted octanol–water partition coefficient (Wildman–Crippen LogP) is 1.60. The number of carbonyl (C=O) groups excluding carboxylic acids is 2. The fourth-order valence-corrected chi connectivity index (χ4v) is 2.58. The van der Waals surface area contributed by atoms with Crippen LogP contribution in [-0.4, -0.2) is 40.7 Å². The number of nitrogens with zero attached hydrogens (tertiary/aromatic N) is 2. The molecule has 0 fully saturated rings. The van der Waals surface area contributed by atoms with Gasteiger partial charge in [-0.25, -0.2) is 9.37 Å². The van der Waals surface area contributed by atoms with Gasteiger partial charge in [0.2, 0.25) is 5.91 Å². The molecule has 0 unspecified atom stereocenters. The summed E-state index contributed by atoms with van der Waals surface area (Å²) in [4.78, 5) is 28.2. The second-order valence-electron chi connectivity index (χ2n) is 4.75. The van der Waals surface area contributed by atoms with Gasteiger partial charge in [-0.2, -0.15) is 0 Å². The SMILES string of the molecule is CNC(=O)[C@H](C)NC(=O)c1cnc(SC)n1-c1ccc(F)cc1. The van der Waals surface area contributed by atoms with E-state index in [1.54, 1.807) is 23.6 Å². The Bertz CT molecular complexity index is 715. The number of thioether (sulfide) groups is 1. The van der Waals surface area contributed by atoms with Crippen LogP contribution in [0.4, 0.5) is 4.39 Å². The number of hydrogen-bond donors (Lipinski definition) is 2. The van der Waals surface area contributed by atoms with Gasteiger partial charge in [-0.15, -0.1) is 0 Å². The molecule has 0 spiro atoms. The van der Waals surface area contributed by atoms with Crippen molar-refractivity contribution in [2.75, 3.05) is 13.3 Å². The molecule has 1 aromatic heterocycles. The summed E-state index contributed by atoms with van der Waals surface area (Å²) in [6, 6.07) is 5.08. The van der Waals surface area contributed by atoms with E-state index >= 15 is 0 Å². The van der Waals surface area contributed by atoms with Crippen molar-refractivity contribution in [1.82, 2.24) is 20.2 Å². The Morgan fingerprint density at radius 1 is 1.30 bits per heavy atom. The largest absolute Gasteiger partial charge is 0.357 e. The molecule has 0 saturated heterocycles. The Hall–Kier alpha value is -2.35. The van der Waals surface area contributed by atoms with Gasteiger partial charge in [-0.3, -0.25) is 14.2 Å². The highest BCUT2D eigenvalue weighted by Gasteiger charge is 2.21. The minimum absolute atomic E-state index is 0.275. The molecule has 0 aliphatic rings. The molecule has 2 N–H and O–H groups in total. The van der Waals surface area contributed by atoms with E-state index in [1.807, 2.05) is 6.26 Å². The van der Waals surface area contributed by atoms with Crippen molar-refractivity contribution in [2.24, 2.45) is 0 Å². The summed E-state index contributed by atoms with van der Waals surface area (Å²) in [6.07, 6.45) is 3.26. The van der Waals surface area contributed by atoms with Crippen molar-refractivity contribution in [1.29, 1.82) is 0 Å². The maximum absolute atomic E-state index is 13.1. The van der Waals surface area contributed by atoms with Crippen LogP contribution in [0, 0.1) is 5.82 Å². The average molecular weight is 336 g/mol. The van der Waals surface area contributed by atoms with Crippen molar-refractivity contribution in [3.63, 3.8) is 0 Å². The number of amides is 2. The van der Waals surface area contributed by atoms with Crippen LogP contribution in [0.1, 0.15) is 17.4 Å². The first-order chi connectivity index (χ1) is 11.0. The summed E-state index contributed by atoms with van der Waals surface area (Å²) in [6.45, 7) is 1.59. The molecule has 1 aromatic carbocycles. The molecule has 0 aliphatic carbocycles. The van der Waals surface area contributed by atoms with Crippen LogP contribution in [0.5, 0.6) is 0 Å². The second kappa shape index (κ2) is 7.28. The van der Waals surface area contributed by atoms with Crippen molar-refractivity contribution < 1.29 is 14.0 Å². The van der Waals surface area contributed by atoms with Crippen LogP contribution >= 0.6 is 11.8 Å². The van der Waals surface area contributed by atoms with Gasteiger partial charge in [0.1, 0.15) is 17.6 Å². The van der Waals surface area contributed by atoms with Gasteiger partial charge in [0, 0.05) is 12.7 Å². The molecule has 1 heterocycles. The lowest BCUT2D eigenvalue weighted by Gasteiger charge is -2.14. The first-order valence-corrected chi connectivity index (χ1v) is 8.10. The van der Waals surface area contributed by atoms with Crippen LogP contribution in [0.2, 0.25) is 0 Å². The zero-order valence-electron chi connectivity index (χ0n) is 13.0. The lowest BCUT2D eigenvalue weighted by molar-refractivity contribution is -0.122. The maximum atomic E-state index is 13.1. The number of hydrogen-bond acceptors (Lipinski definition) is 4. The third-order valence-corrected chi connectivity index (χ3v) is 3.87. The first kappa shape index (κ1) is 17.0. The van der Waals surface area contributed by atoms with Crippen LogP contribution in [0.3, 0.4) is 0 Å². The normalized spacial score (nSPS) is 11.8. The highest BCUT2D eigenvalue weighted by atomic mass is 32.2. The molecule has 23 heavy (non-hydrogen) atoms. The van der Waals surface area contributed by atoms with Gasteiger partial charge in [0.15, 0.2) is 5.16 Å². The van der Waals surface area contributed by atoms with Crippen molar-refractivity contribution in [3.05, 3.63) is 42.0 Å². The first-order valence-electron chi connectivity index (χ1n) is 6.88. The molecular formula is C15H17FN4O2S. The fourth-order valence-electron chi connectivity index (χ4n) is 2.03. The van der Waals surface area contributed by atoms with Gasteiger partial charge in [0.25, 0.3) is 5.91 Å². The Balaban J connectivity index is 2.36. The average Bonchev–Trinajstić information content (AvgIpc) is 2.98. The number of rotatable bonds is 5. The molecule has 2 aromatic rings. The number of nitrogens with one attached hydrogen (secondary N) is 2. The zero-order valence-corrected chi connectivity index (χ0v) is 13.8. The van der Waals surface area contributed by atoms with E-state index in [2.05, 4.69) is 15.6 Å². The van der Waals surface area contributed by atoms with E-state index < -0.39 is 11.9 Å². The molecule has 122 valence electrons. The van der Waals surface area contributed by atoms with Crippen molar-refractivity contribution in [3.8, 4) is 5.69 Å². The van der Waals surface area contributed by atoms with Crippen molar-refractivity contribution in [2.45, 2.75) is 18.1 Å². The lowest BCUT2D eigenvalue weighted by Crippen LogP contribution is -2.44. The van der Waals surface area contributed by atoms with Crippen LogP contribution in [0.25, 0.3) is 5.69 Å². The maximum Gasteiger partial charge on any atom is 0.270 e. The molecule has 0 radical (unpaired) electrons. The van der Waals surface area contributed by atoms with Crippen molar-refractivity contribution >= 4 is 23.6 Å². The van der Waals surface area contributed by atoms with Gasteiger partial charge >= 0.3 is 0 Å². The summed E-state index contributed by atoms with van der Waals surface area (Å²) >= 11 is 1.36. The van der Waals surface area contributed by atoms with Crippen LogP contribution in [0.15, 0.2) is 35.6 Å². The smallest absolute Gasteiger partial charge is 0.270 e. The molecule has 0 aliphatic heterocycles. The number of imidazole rings is 1. The van der Waals surface area contributed by atoms with Gasteiger partial charge in [-0.05, 0) is 37.4 Å². The number of likely N-dealkylation sites (N-methyl/N-ethyl adjacent to an activating group) is 1. The summed E-state index contributed by atoms with van der Waals surface area (Å²) in [5, 5.41) is 5.67. The Morgan fingerprint density at radius 2 is 1.96 bits per heavy atom. The van der Waals surface area contributed by atoms with E-state index in [9.17, 15) is 14.0 Å². The zero-order chi connectivity index (χ0) is 17.0. The summed E-state index contributed by atoms with van der Waals surface area (Å²) < 4.78 is 14.7. The Morgan fingerprint density at radius 3 is 2.52 bits per heavy atom. The molecule has 0 bridgehead atoms. The molecule has 1 atom stereocenters. The number of carbonyl (C=O) groups is 2. The van der Waals surface area contributed by atoms with E-state index in [0.29, 0.717) is 10.8 Å². The summed E-state index contributed by atoms with van der Waals surface area (Å²) in [5.74, 6) is -1.09. The monoisotopic (exact) mass is 336 g/mol. The molecule has 2 amide bonds. The Kier molecular flexibility index (Phi) is 5.38.